The SMILES string of the molecule is Cc1coc(SC(CN)c2ccc(C)o2)n1. The zero-order chi connectivity index (χ0) is 11.5. The van der Waals surface area contributed by atoms with E-state index >= 15 is 0 Å². The molecule has 0 aliphatic rings. The molecule has 2 aromatic rings. The van der Waals surface area contributed by atoms with Gasteiger partial charge < -0.3 is 14.6 Å². The Morgan fingerprint density at radius 1 is 1.44 bits per heavy atom. The summed E-state index contributed by atoms with van der Waals surface area (Å²) in [5.74, 6) is 1.75. The molecule has 0 aromatic carbocycles. The van der Waals surface area contributed by atoms with Crippen LogP contribution in [-0.2, 0) is 0 Å². The number of rotatable bonds is 4. The van der Waals surface area contributed by atoms with Crippen molar-refractivity contribution in [1.82, 2.24) is 4.98 Å². The molecule has 2 rings (SSSR count). The van der Waals surface area contributed by atoms with Crippen molar-refractivity contribution in [3.8, 4) is 0 Å². The molecule has 0 amide bonds. The predicted molar refractivity (Wildman–Crippen MR) is 62.3 cm³/mol. The Kier molecular flexibility index (Phi) is 3.36. The van der Waals surface area contributed by atoms with Crippen LogP contribution in [0.25, 0.3) is 0 Å². The minimum atomic E-state index is 0.0479. The Hall–Kier alpha value is -1.20. The molecule has 2 aromatic heterocycles. The minimum absolute atomic E-state index is 0.0479. The summed E-state index contributed by atoms with van der Waals surface area (Å²) in [6.45, 7) is 4.29. The van der Waals surface area contributed by atoms with Crippen molar-refractivity contribution in [2.45, 2.75) is 24.3 Å². The van der Waals surface area contributed by atoms with Crippen molar-refractivity contribution in [2.24, 2.45) is 5.73 Å². The van der Waals surface area contributed by atoms with E-state index in [2.05, 4.69) is 4.98 Å². The summed E-state index contributed by atoms with van der Waals surface area (Å²) in [7, 11) is 0. The van der Waals surface area contributed by atoms with Gasteiger partial charge >= 0.3 is 0 Å². The first-order valence-electron chi connectivity index (χ1n) is 5.04. The van der Waals surface area contributed by atoms with E-state index in [-0.39, 0.29) is 5.25 Å². The highest BCUT2D eigenvalue weighted by atomic mass is 32.2. The van der Waals surface area contributed by atoms with Gasteiger partial charge in [0.1, 0.15) is 17.8 Å². The van der Waals surface area contributed by atoms with E-state index in [1.54, 1.807) is 6.26 Å². The van der Waals surface area contributed by atoms with E-state index in [0.717, 1.165) is 17.2 Å². The van der Waals surface area contributed by atoms with Crippen LogP contribution in [0.2, 0.25) is 0 Å². The van der Waals surface area contributed by atoms with Crippen LogP contribution in [0.15, 0.2) is 32.5 Å². The maximum absolute atomic E-state index is 5.72. The van der Waals surface area contributed by atoms with E-state index in [4.69, 9.17) is 14.6 Å². The molecular formula is C11H14N2O2S. The van der Waals surface area contributed by atoms with Gasteiger partial charge in [-0.05, 0) is 26.0 Å². The van der Waals surface area contributed by atoms with Crippen LogP contribution in [0, 0.1) is 13.8 Å². The number of furan rings is 1. The van der Waals surface area contributed by atoms with Crippen LogP contribution < -0.4 is 5.73 Å². The molecule has 0 saturated heterocycles. The van der Waals surface area contributed by atoms with Gasteiger partial charge in [-0.25, -0.2) is 4.98 Å². The molecule has 86 valence electrons. The topological polar surface area (TPSA) is 65.2 Å². The van der Waals surface area contributed by atoms with Crippen LogP contribution in [-0.4, -0.2) is 11.5 Å². The summed E-state index contributed by atoms with van der Waals surface area (Å²) in [6.07, 6.45) is 1.63. The van der Waals surface area contributed by atoms with Crippen LogP contribution in [0.5, 0.6) is 0 Å². The maximum atomic E-state index is 5.72. The van der Waals surface area contributed by atoms with E-state index in [1.165, 1.54) is 11.8 Å². The maximum Gasteiger partial charge on any atom is 0.256 e. The Bertz CT molecular complexity index is 464. The van der Waals surface area contributed by atoms with Gasteiger partial charge in [-0.3, -0.25) is 0 Å². The molecule has 0 saturated carbocycles. The van der Waals surface area contributed by atoms with Gasteiger partial charge in [-0.15, -0.1) is 0 Å². The van der Waals surface area contributed by atoms with Gasteiger partial charge in [-0.1, -0.05) is 11.8 Å². The molecule has 0 bridgehead atoms. The number of thioether (sulfide) groups is 1. The molecule has 0 fully saturated rings. The van der Waals surface area contributed by atoms with Gasteiger partial charge in [0.15, 0.2) is 0 Å². The summed E-state index contributed by atoms with van der Waals surface area (Å²) in [6, 6.07) is 3.87. The summed E-state index contributed by atoms with van der Waals surface area (Å²) in [4.78, 5) is 4.23. The fraction of sp³-hybridized carbons (Fsp3) is 0.364. The Labute approximate surface area is 98.2 Å². The van der Waals surface area contributed by atoms with Gasteiger partial charge in [-0.2, -0.15) is 0 Å². The number of aryl methyl sites for hydroxylation is 2. The van der Waals surface area contributed by atoms with Crippen molar-refractivity contribution in [2.75, 3.05) is 6.54 Å². The fourth-order valence-electron chi connectivity index (χ4n) is 1.36. The number of hydrogen-bond donors (Lipinski definition) is 1. The average molecular weight is 238 g/mol. The Morgan fingerprint density at radius 2 is 2.25 bits per heavy atom. The van der Waals surface area contributed by atoms with Crippen molar-refractivity contribution >= 4 is 11.8 Å². The van der Waals surface area contributed by atoms with Crippen molar-refractivity contribution in [3.05, 3.63) is 35.6 Å². The lowest BCUT2D eigenvalue weighted by Gasteiger charge is -2.08. The van der Waals surface area contributed by atoms with Crippen LogP contribution in [0.1, 0.15) is 22.5 Å². The second-order valence-electron chi connectivity index (χ2n) is 3.55. The quantitative estimate of drug-likeness (QED) is 0.829. The number of oxazole rings is 1. The van der Waals surface area contributed by atoms with E-state index < -0.39 is 0 Å². The molecule has 5 heteroatoms. The molecule has 0 aliphatic heterocycles. The zero-order valence-corrected chi connectivity index (χ0v) is 10.1. The normalized spacial score (nSPS) is 12.9. The third kappa shape index (κ3) is 2.48. The number of aromatic nitrogens is 1. The Balaban J connectivity index is 2.12. The van der Waals surface area contributed by atoms with Gasteiger partial charge in [0, 0.05) is 6.54 Å². The number of hydrogen-bond acceptors (Lipinski definition) is 5. The molecule has 16 heavy (non-hydrogen) atoms. The van der Waals surface area contributed by atoms with Crippen molar-refractivity contribution < 1.29 is 8.83 Å². The first-order chi connectivity index (χ1) is 7.69. The molecular weight excluding hydrogens is 224 g/mol. The molecule has 2 heterocycles. The molecule has 2 N–H and O–H groups in total. The second-order valence-corrected chi connectivity index (χ2v) is 4.70. The second kappa shape index (κ2) is 4.76. The van der Waals surface area contributed by atoms with Crippen LogP contribution in [0.4, 0.5) is 0 Å². The van der Waals surface area contributed by atoms with Gasteiger partial charge in [0.2, 0.25) is 0 Å². The molecule has 1 atom stereocenters. The molecule has 1 unspecified atom stereocenters. The van der Waals surface area contributed by atoms with Crippen LogP contribution >= 0.6 is 11.8 Å². The third-order valence-electron chi connectivity index (χ3n) is 2.13. The van der Waals surface area contributed by atoms with Crippen LogP contribution in [0.3, 0.4) is 0 Å². The van der Waals surface area contributed by atoms with E-state index in [0.29, 0.717) is 11.8 Å². The lowest BCUT2D eigenvalue weighted by atomic mass is 10.3. The first kappa shape index (κ1) is 11.3. The monoisotopic (exact) mass is 238 g/mol. The van der Waals surface area contributed by atoms with Crippen molar-refractivity contribution in [1.29, 1.82) is 0 Å². The summed E-state index contributed by atoms with van der Waals surface area (Å²) in [5.41, 5.74) is 6.59. The number of nitrogens with zero attached hydrogens (tertiary/aromatic N) is 1. The highest BCUT2D eigenvalue weighted by molar-refractivity contribution is 7.99. The average Bonchev–Trinajstić information content (AvgIpc) is 2.84. The Morgan fingerprint density at radius 3 is 2.75 bits per heavy atom. The third-order valence-corrected chi connectivity index (χ3v) is 3.23. The first-order valence-corrected chi connectivity index (χ1v) is 5.92. The van der Waals surface area contributed by atoms with Gasteiger partial charge in [0.25, 0.3) is 5.22 Å². The standard InChI is InChI=1S/C11H14N2O2S/c1-7-6-14-11(13-7)16-10(5-12)9-4-3-8(2)15-9/h3-4,6,10H,5,12H2,1-2H3. The molecule has 0 spiro atoms. The largest absolute Gasteiger partial charge is 0.465 e. The van der Waals surface area contributed by atoms with Gasteiger partial charge in [0.05, 0.1) is 10.9 Å². The minimum Gasteiger partial charge on any atom is -0.465 e. The lowest BCUT2D eigenvalue weighted by Crippen LogP contribution is -2.08. The molecule has 0 radical (unpaired) electrons. The van der Waals surface area contributed by atoms with E-state index in [9.17, 15) is 0 Å². The number of nitrogens with two attached hydrogens (primary N) is 1. The highest BCUT2D eigenvalue weighted by Gasteiger charge is 2.17. The van der Waals surface area contributed by atoms with E-state index in [1.807, 2.05) is 26.0 Å². The highest BCUT2D eigenvalue weighted by Crippen LogP contribution is 2.34. The summed E-state index contributed by atoms with van der Waals surface area (Å²) in [5, 5.41) is 0.675. The predicted octanol–water partition coefficient (Wildman–Crippen LogP) is 2.68. The fourth-order valence-corrected chi connectivity index (χ4v) is 2.24. The molecule has 4 nitrogen and oxygen atoms in total. The lowest BCUT2D eigenvalue weighted by molar-refractivity contribution is 0.448. The zero-order valence-electron chi connectivity index (χ0n) is 9.27. The molecule has 0 aliphatic carbocycles. The summed E-state index contributed by atoms with van der Waals surface area (Å²) >= 11 is 1.48. The summed E-state index contributed by atoms with van der Waals surface area (Å²) < 4.78 is 10.8. The van der Waals surface area contributed by atoms with Crippen molar-refractivity contribution in [3.63, 3.8) is 0 Å². The smallest absolute Gasteiger partial charge is 0.256 e.